The summed E-state index contributed by atoms with van der Waals surface area (Å²) >= 11 is 5.67. The maximum absolute atomic E-state index is 12.0. The quantitative estimate of drug-likeness (QED) is 0.601. The summed E-state index contributed by atoms with van der Waals surface area (Å²) in [7, 11) is -1.35. The minimum absolute atomic E-state index is 0.0599. The van der Waals surface area contributed by atoms with Gasteiger partial charge in [-0.3, -0.25) is 0 Å². The summed E-state index contributed by atoms with van der Waals surface area (Å²) in [6, 6.07) is 7.52. The number of thiocarbonyl (C=S) groups is 1. The fraction of sp³-hybridized carbons (Fsp3) is 0.632. The van der Waals surface area contributed by atoms with E-state index in [1.165, 1.54) is 4.90 Å². The fourth-order valence-electron chi connectivity index (χ4n) is 3.78. The molecule has 2 heterocycles. The van der Waals surface area contributed by atoms with E-state index < -0.39 is 9.84 Å². The van der Waals surface area contributed by atoms with E-state index in [-0.39, 0.29) is 17.5 Å². The lowest BCUT2D eigenvalue weighted by atomic mass is 10.2. The molecule has 0 bridgehead atoms. The van der Waals surface area contributed by atoms with Crippen molar-refractivity contribution in [3.8, 4) is 5.75 Å². The number of ether oxygens (including phenoxy) is 2. The summed E-state index contributed by atoms with van der Waals surface area (Å²) in [6.45, 7) is 5.49. The van der Waals surface area contributed by atoms with E-state index in [0.717, 1.165) is 57.3 Å². The van der Waals surface area contributed by atoms with Crippen LogP contribution >= 0.6 is 12.2 Å². The number of nitrogens with zero attached hydrogens (tertiary/aromatic N) is 1. The van der Waals surface area contributed by atoms with Crippen LogP contribution < -0.4 is 15.0 Å². The number of sulfone groups is 1. The number of methoxy groups -OCH3 is 1. The number of quaternary nitrogens is 1. The summed E-state index contributed by atoms with van der Waals surface area (Å²) < 4.78 is 34.7. The first-order valence-electron chi connectivity index (χ1n) is 9.80. The van der Waals surface area contributed by atoms with Gasteiger partial charge in [0.15, 0.2) is 14.9 Å². The summed E-state index contributed by atoms with van der Waals surface area (Å²) in [5.74, 6) is 1.17. The zero-order valence-corrected chi connectivity index (χ0v) is 18.0. The molecule has 2 aliphatic rings. The zero-order chi connectivity index (χ0) is 20.0. The Morgan fingerprint density at radius 1 is 1.39 bits per heavy atom. The van der Waals surface area contributed by atoms with Crippen LogP contribution in [0.25, 0.3) is 0 Å². The lowest BCUT2D eigenvalue weighted by Gasteiger charge is -2.32. The second-order valence-electron chi connectivity index (χ2n) is 7.38. The highest BCUT2D eigenvalue weighted by Crippen LogP contribution is 2.21. The molecule has 156 valence electrons. The average molecular weight is 429 g/mol. The lowest BCUT2D eigenvalue weighted by Crippen LogP contribution is -3.14. The normalized spacial score (nSPS) is 22.0. The van der Waals surface area contributed by atoms with Gasteiger partial charge in [0.1, 0.15) is 18.8 Å². The summed E-state index contributed by atoms with van der Waals surface area (Å²) in [5, 5.41) is 3.84. The topological polar surface area (TPSA) is 72.3 Å². The van der Waals surface area contributed by atoms with E-state index in [1.54, 1.807) is 7.11 Å². The Balaban J connectivity index is 1.63. The molecule has 1 atom stereocenters. The molecule has 2 saturated heterocycles. The Bertz CT molecular complexity index is 766. The number of hydrogen-bond acceptors (Lipinski definition) is 5. The van der Waals surface area contributed by atoms with Crippen LogP contribution in [0.1, 0.15) is 12.8 Å². The van der Waals surface area contributed by atoms with E-state index in [9.17, 15) is 8.42 Å². The number of anilines is 1. The smallest absolute Gasteiger partial charge is 0.173 e. The molecule has 3 rings (SSSR count). The number of rotatable bonds is 7. The van der Waals surface area contributed by atoms with Crippen LogP contribution in [0.4, 0.5) is 5.69 Å². The van der Waals surface area contributed by atoms with Gasteiger partial charge in [-0.25, -0.2) is 8.42 Å². The summed E-state index contributed by atoms with van der Waals surface area (Å²) in [4.78, 5) is 3.61. The molecule has 1 aromatic carbocycles. The van der Waals surface area contributed by atoms with Crippen LogP contribution in [0, 0.1) is 0 Å². The van der Waals surface area contributed by atoms with Gasteiger partial charge in [0.2, 0.25) is 0 Å². The van der Waals surface area contributed by atoms with Crippen LogP contribution in [-0.4, -0.2) is 82.5 Å². The van der Waals surface area contributed by atoms with Crippen LogP contribution in [0.2, 0.25) is 0 Å². The molecule has 28 heavy (non-hydrogen) atoms. The van der Waals surface area contributed by atoms with Crippen molar-refractivity contribution in [2.45, 2.75) is 18.9 Å². The molecule has 2 aliphatic heterocycles. The average Bonchev–Trinajstić information content (AvgIpc) is 3.05. The first-order chi connectivity index (χ1) is 13.5. The third kappa shape index (κ3) is 6.04. The van der Waals surface area contributed by atoms with Gasteiger partial charge in [0.05, 0.1) is 38.4 Å². The number of morpholine rings is 1. The molecule has 0 saturated carbocycles. The molecule has 0 unspecified atom stereocenters. The largest absolute Gasteiger partial charge is 0.497 e. The number of benzene rings is 1. The van der Waals surface area contributed by atoms with Crippen LogP contribution in [0.3, 0.4) is 0 Å². The van der Waals surface area contributed by atoms with Crippen LogP contribution in [0.15, 0.2) is 24.3 Å². The molecule has 0 spiro atoms. The maximum atomic E-state index is 12.0. The first kappa shape index (κ1) is 21.3. The minimum Gasteiger partial charge on any atom is -0.497 e. The van der Waals surface area contributed by atoms with Crippen molar-refractivity contribution in [1.29, 1.82) is 0 Å². The van der Waals surface area contributed by atoms with Gasteiger partial charge >= 0.3 is 0 Å². The predicted molar refractivity (Wildman–Crippen MR) is 114 cm³/mol. The van der Waals surface area contributed by atoms with E-state index in [4.69, 9.17) is 21.7 Å². The van der Waals surface area contributed by atoms with Gasteiger partial charge in [-0.1, -0.05) is 6.07 Å². The van der Waals surface area contributed by atoms with Crippen LogP contribution in [0.5, 0.6) is 5.75 Å². The van der Waals surface area contributed by atoms with Crippen molar-refractivity contribution in [2.75, 3.05) is 63.3 Å². The minimum atomic E-state index is -2.97. The summed E-state index contributed by atoms with van der Waals surface area (Å²) in [5.41, 5.74) is 0.842. The molecule has 0 aromatic heterocycles. The molecule has 2 N–H and O–H groups in total. The van der Waals surface area contributed by atoms with Crippen molar-refractivity contribution >= 4 is 32.9 Å². The molecular formula is C19H30N3O4S2+. The first-order valence-corrected chi connectivity index (χ1v) is 12.0. The van der Waals surface area contributed by atoms with Gasteiger partial charge < -0.3 is 24.6 Å². The second kappa shape index (κ2) is 9.87. The highest BCUT2D eigenvalue weighted by atomic mass is 32.2. The Labute approximate surface area is 172 Å². The van der Waals surface area contributed by atoms with Gasteiger partial charge in [0, 0.05) is 30.8 Å². The fourth-order valence-corrected chi connectivity index (χ4v) is 5.87. The number of hydrogen-bond donors (Lipinski definition) is 2. The second-order valence-corrected chi connectivity index (χ2v) is 9.99. The van der Waals surface area contributed by atoms with Crippen molar-refractivity contribution in [2.24, 2.45) is 0 Å². The molecule has 2 fully saturated rings. The highest BCUT2D eigenvalue weighted by Gasteiger charge is 2.33. The Morgan fingerprint density at radius 3 is 2.86 bits per heavy atom. The zero-order valence-electron chi connectivity index (χ0n) is 16.4. The van der Waals surface area contributed by atoms with Crippen LogP contribution in [-0.2, 0) is 14.6 Å². The molecular weight excluding hydrogens is 398 g/mol. The highest BCUT2D eigenvalue weighted by molar-refractivity contribution is 7.91. The van der Waals surface area contributed by atoms with Crippen molar-refractivity contribution in [3.05, 3.63) is 24.3 Å². The van der Waals surface area contributed by atoms with Gasteiger partial charge in [-0.05, 0) is 30.8 Å². The third-order valence-corrected chi connectivity index (χ3v) is 7.45. The lowest BCUT2D eigenvalue weighted by molar-refractivity contribution is -0.908. The molecule has 0 amide bonds. The molecule has 0 aliphatic carbocycles. The standard InChI is InChI=1S/C19H29N3O4S2/c1-25-18-5-2-4-16(14-18)20-19(27)22(17-6-13-28(23,24)15-17)8-3-7-21-9-11-26-12-10-21/h2,4-5,14,17H,3,6-13,15H2,1H3,(H,20,27)/p+1/t17-/m1/s1. The predicted octanol–water partition coefficient (Wildman–Crippen LogP) is 0.186. The molecule has 7 nitrogen and oxygen atoms in total. The van der Waals surface area contributed by atoms with E-state index in [2.05, 4.69) is 10.2 Å². The molecule has 0 radical (unpaired) electrons. The SMILES string of the molecule is COc1cccc(NC(=S)N(CCC[NH+]2CCOCC2)[C@@H]2CCS(=O)(=O)C2)c1. The third-order valence-electron chi connectivity index (χ3n) is 5.36. The Kier molecular flexibility index (Phi) is 7.50. The van der Waals surface area contributed by atoms with E-state index in [1.807, 2.05) is 24.3 Å². The van der Waals surface area contributed by atoms with Gasteiger partial charge in [0.25, 0.3) is 0 Å². The molecule has 9 heteroatoms. The Morgan fingerprint density at radius 2 is 2.18 bits per heavy atom. The summed E-state index contributed by atoms with van der Waals surface area (Å²) in [6.07, 6.45) is 1.60. The molecule has 1 aromatic rings. The van der Waals surface area contributed by atoms with E-state index in [0.29, 0.717) is 11.5 Å². The van der Waals surface area contributed by atoms with Gasteiger partial charge in [-0.2, -0.15) is 0 Å². The van der Waals surface area contributed by atoms with Crippen molar-refractivity contribution < 1.29 is 22.8 Å². The maximum Gasteiger partial charge on any atom is 0.173 e. The van der Waals surface area contributed by atoms with E-state index >= 15 is 0 Å². The monoisotopic (exact) mass is 428 g/mol. The number of nitrogens with one attached hydrogen (secondary N) is 2. The van der Waals surface area contributed by atoms with Gasteiger partial charge in [-0.15, -0.1) is 0 Å². The van der Waals surface area contributed by atoms with Crippen molar-refractivity contribution in [1.82, 2.24) is 4.90 Å². The Hall–Kier alpha value is -1.42. The van der Waals surface area contributed by atoms with Crippen molar-refractivity contribution in [3.63, 3.8) is 0 Å².